The molecule has 1 nitrogen and oxygen atoms in total. The van der Waals surface area contributed by atoms with Crippen LogP contribution in [-0.4, -0.2) is 0 Å². The summed E-state index contributed by atoms with van der Waals surface area (Å²) in [6, 6.07) is 8.80. The molecule has 0 atom stereocenters. The Kier molecular flexibility index (Phi) is 3.89. The first-order valence-electron chi connectivity index (χ1n) is 6.54. The summed E-state index contributed by atoms with van der Waals surface area (Å²) >= 11 is 0. The van der Waals surface area contributed by atoms with Crippen LogP contribution in [0, 0.1) is 33.5 Å². The van der Waals surface area contributed by atoms with E-state index in [4.69, 9.17) is 0 Å². The summed E-state index contributed by atoms with van der Waals surface area (Å²) in [6.07, 6.45) is 0. The molecule has 2 aromatic rings. The summed E-state index contributed by atoms with van der Waals surface area (Å²) in [4.78, 5) is 0. The van der Waals surface area contributed by atoms with Gasteiger partial charge in [-0.25, -0.2) is 4.39 Å². The summed E-state index contributed by atoms with van der Waals surface area (Å²) in [5, 5.41) is 3.30. The van der Waals surface area contributed by atoms with Crippen LogP contribution in [-0.2, 0) is 6.54 Å². The molecule has 0 radical (unpaired) electrons. The van der Waals surface area contributed by atoms with Crippen LogP contribution in [0.2, 0.25) is 0 Å². The van der Waals surface area contributed by atoms with E-state index in [0.29, 0.717) is 0 Å². The van der Waals surface area contributed by atoms with Gasteiger partial charge >= 0.3 is 0 Å². The number of hydrogen-bond acceptors (Lipinski definition) is 1. The van der Waals surface area contributed by atoms with E-state index in [1.165, 1.54) is 39.9 Å². The van der Waals surface area contributed by atoms with E-state index in [1.54, 1.807) is 6.07 Å². The number of benzene rings is 2. The van der Waals surface area contributed by atoms with Gasteiger partial charge in [-0.3, -0.25) is 0 Å². The highest BCUT2D eigenvalue weighted by atomic mass is 19.1. The number of halogens is 1. The molecule has 100 valence electrons. The summed E-state index contributed by atoms with van der Waals surface area (Å²) in [7, 11) is 0. The predicted molar refractivity (Wildman–Crippen MR) is 79.1 cm³/mol. The summed E-state index contributed by atoms with van der Waals surface area (Å²) in [5.41, 5.74) is 7.36. The molecule has 0 fully saturated rings. The van der Waals surface area contributed by atoms with Gasteiger partial charge in [0, 0.05) is 12.2 Å². The van der Waals surface area contributed by atoms with Crippen molar-refractivity contribution in [2.24, 2.45) is 0 Å². The average molecular weight is 257 g/mol. The zero-order valence-electron chi connectivity index (χ0n) is 12.0. The maximum absolute atomic E-state index is 13.1. The first kappa shape index (κ1) is 13.6. The number of hydrogen-bond donors (Lipinski definition) is 1. The van der Waals surface area contributed by atoms with Gasteiger partial charge in [0.25, 0.3) is 0 Å². The Morgan fingerprint density at radius 1 is 0.947 bits per heavy atom. The van der Waals surface area contributed by atoms with Gasteiger partial charge in [-0.1, -0.05) is 12.1 Å². The molecule has 0 aromatic heterocycles. The lowest BCUT2D eigenvalue weighted by Gasteiger charge is -2.16. The smallest absolute Gasteiger partial charge is 0.125 e. The quantitative estimate of drug-likeness (QED) is 0.842. The lowest BCUT2D eigenvalue weighted by Crippen LogP contribution is -2.06. The number of anilines is 1. The Morgan fingerprint density at radius 2 is 1.58 bits per heavy atom. The van der Waals surface area contributed by atoms with Crippen molar-refractivity contribution in [1.29, 1.82) is 0 Å². The first-order valence-corrected chi connectivity index (χ1v) is 6.54. The van der Waals surface area contributed by atoms with Crippen LogP contribution in [0.25, 0.3) is 0 Å². The van der Waals surface area contributed by atoms with E-state index < -0.39 is 0 Å². The van der Waals surface area contributed by atoms with Gasteiger partial charge in [0.05, 0.1) is 0 Å². The molecule has 0 bridgehead atoms. The molecule has 2 rings (SSSR count). The van der Waals surface area contributed by atoms with Crippen molar-refractivity contribution in [2.45, 2.75) is 34.2 Å². The van der Waals surface area contributed by atoms with Crippen LogP contribution in [0.5, 0.6) is 0 Å². The lowest BCUT2D eigenvalue weighted by atomic mass is 9.94. The van der Waals surface area contributed by atoms with Crippen LogP contribution in [0.4, 0.5) is 10.1 Å². The average Bonchev–Trinajstić information content (AvgIpc) is 2.36. The maximum atomic E-state index is 13.1. The molecule has 0 aliphatic carbocycles. The summed E-state index contributed by atoms with van der Waals surface area (Å²) < 4.78 is 13.1. The van der Waals surface area contributed by atoms with Gasteiger partial charge in [0.2, 0.25) is 0 Å². The van der Waals surface area contributed by atoms with Crippen molar-refractivity contribution >= 4 is 5.69 Å². The van der Waals surface area contributed by atoms with Gasteiger partial charge in [0.15, 0.2) is 0 Å². The Labute approximate surface area is 114 Å². The van der Waals surface area contributed by atoms with Gasteiger partial charge in [-0.05, 0) is 73.7 Å². The van der Waals surface area contributed by atoms with Gasteiger partial charge in [-0.15, -0.1) is 0 Å². The molecular weight excluding hydrogens is 237 g/mol. The standard InChI is InChI=1S/C17H20FN/c1-11-8-12(2)14(4)17(13(11)3)10-19-16-7-5-6-15(18)9-16/h5-9,19H,10H2,1-4H3. The van der Waals surface area contributed by atoms with Gasteiger partial charge < -0.3 is 5.32 Å². The zero-order chi connectivity index (χ0) is 14.0. The minimum absolute atomic E-state index is 0.209. The van der Waals surface area contributed by atoms with Crippen LogP contribution in [0.3, 0.4) is 0 Å². The number of aryl methyl sites for hydroxylation is 2. The fourth-order valence-corrected chi connectivity index (χ4v) is 2.35. The molecule has 19 heavy (non-hydrogen) atoms. The first-order chi connectivity index (χ1) is 8.99. The van der Waals surface area contributed by atoms with E-state index in [-0.39, 0.29) is 5.82 Å². The van der Waals surface area contributed by atoms with Gasteiger partial charge in [-0.2, -0.15) is 0 Å². The topological polar surface area (TPSA) is 12.0 Å². The van der Waals surface area contributed by atoms with E-state index in [2.05, 4.69) is 39.1 Å². The third kappa shape index (κ3) is 2.95. The maximum Gasteiger partial charge on any atom is 0.125 e. The van der Waals surface area contributed by atoms with E-state index in [9.17, 15) is 4.39 Å². The third-order valence-electron chi connectivity index (χ3n) is 3.82. The van der Waals surface area contributed by atoms with Gasteiger partial charge in [0.1, 0.15) is 5.82 Å². The van der Waals surface area contributed by atoms with Crippen molar-refractivity contribution in [3.8, 4) is 0 Å². The molecule has 0 aliphatic heterocycles. The molecule has 1 N–H and O–H groups in total. The molecule has 0 saturated heterocycles. The summed E-state index contributed by atoms with van der Waals surface area (Å²) in [5.74, 6) is -0.209. The van der Waals surface area contributed by atoms with Crippen LogP contribution in [0.15, 0.2) is 30.3 Å². The van der Waals surface area contributed by atoms with E-state index in [0.717, 1.165) is 12.2 Å². The molecule has 0 spiro atoms. The van der Waals surface area contributed by atoms with Crippen molar-refractivity contribution in [2.75, 3.05) is 5.32 Å². The minimum Gasteiger partial charge on any atom is -0.381 e. The Hall–Kier alpha value is -1.83. The monoisotopic (exact) mass is 257 g/mol. The highest BCUT2D eigenvalue weighted by Crippen LogP contribution is 2.22. The normalized spacial score (nSPS) is 10.6. The molecule has 0 amide bonds. The van der Waals surface area contributed by atoms with E-state index >= 15 is 0 Å². The number of nitrogens with one attached hydrogen (secondary N) is 1. The molecule has 2 heteroatoms. The second-order valence-electron chi connectivity index (χ2n) is 5.10. The van der Waals surface area contributed by atoms with Crippen LogP contribution >= 0.6 is 0 Å². The predicted octanol–water partition coefficient (Wildman–Crippen LogP) is 4.67. The SMILES string of the molecule is Cc1cc(C)c(C)c(CNc2cccc(F)c2)c1C. The van der Waals surface area contributed by atoms with Crippen LogP contribution < -0.4 is 5.32 Å². The van der Waals surface area contributed by atoms with Crippen molar-refractivity contribution < 1.29 is 4.39 Å². The third-order valence-corrected chi connectivity index (χ3v) is 3.82. The Balaban J connectivity index is 2.25. The minimum atomic E-state index is -0.209. The highest BCUT2D eigenvalue weighted by Gasteiger charge is 2.08. The molecule has 0 aliphatic rings. The molecule has 0 unspecified atom stereocenters. The van der Waals surface area contributed by atoms with Crippen molar-refractivity contribution in [3.05, 3.63) is 64.0 Å². The van der Waals surface area contributed by atoms with E-state index in [1.807, 2.05) is 6.07 Å². The zero-order valence-corrected chi connectivity index (χ0v) is 12.0. The second-order valence-corrected chi connectivity index (χ2v) is 5.10. The Morgan fingerprint density at radius 3 is 2.16 bits per heavy atom. The van der Waals surface area contributed by atoms with Crippen LogP contribution in [0.1, 0.15) is 27.8 Å². The fourth-order valence-electron chi connectivity index (χ4n) is 2.35. The molecule has 0 heterocycles. The Bertz CT molecular complexity index is 576. The fraction of sp³-hybridized carbons (Fsp3) is 0.294. The second kappa shape index (κ2) is 5.43. The molecule has 0 saturated carbocycles. The summed E-state index contributed by atoms with van der Waals surface area (Å²) in [6.45, 7) is 9.28. The molecular formula is C17H20FN. The van der Waals surface area contributed by atoms with Crippen molar-refractivity contribution in [3.63, 3.8) is 0 Å². The number of rotatable bonds is 3. The highest BCUT2D eigenvalue weighted by molar-refractivity contribution is 5.48. The lowest BCUT2D eigenvalue weighted by molar-refractivity contribution is 0.628. The molecule has 2 aromatic carbocycles. The van der Waals surface area contributed by atoms with Crippen molar-refractivity contribution in [1.82, 2.24) is 0 Å². The largest absolute Gasteiger partial charge is 0.381 e.